The van der Waals surface area contributed by atoms with Gasteiger partial charge in [-0.3, -0.25) is 14.5 Å². The normalized spacial score (nSPS) is 26.8. The summed E-state index contributed by atoms with van der Waals surface area (Å²) in [5, 5.41) is 3.04. The number of fused-ring (bicyclic) bond motifs is 3. The van der Waals surface area contributed by atoms with Gasteiger partial charge in [-0.15, -0.1) is 0 Å². The van der Waals surface area contributed by atoms with E-state index in [4.69, 9.17) is 16.3 Å². The first kappa shape index (κ1) is 27.6. The van der Waals surface area contributed by atoms with Crippen molar-refractivity contribution >= 4 is 56.7 Å². The van der Waals surface area contributed by atoms with E-state index in [-0.39, 0.29) is 28.4 Å². The molecule has 3 aromatic carbocycles. The molecule has 3 heterocycles. The first-order valence-corrected chi connectivity index (χ1v) is 15.2. The van der Waals surface area contributed by atoms with Crippen LogP contribution in [0.25, 0.3) is 0 Å². The lowest BCUT2D eigenvalue weighted by atomic mass is 9.70. The first-order valence-electron chi connectivity index (χ1n) is 14.1. The Bertz CT molecular complexity index is 1630. The minimum atomic E-state index is -1.29. The van der Waals surface area contributed by atoms with Gasteiger partial charge >= 0.3 is 5.97 Å². The number of benzene rings is 3. The Balaban J connectivity index is 1.41. The minimum Gasteiger partial charge on any atom is -0.465 e. The van der Waals surface area contributed by atoms with Gasteiger partial charge in [0, 0.05) is 46.5 Å². The molecular formula is C32H28BrClFN3O4. The van der Waals surface area contributed by atoms with E-state index < -0.39 is 29.2 Å². The van der Waals surface area contributed by atoms with Crippen molar-refractivity contribution < 1.29 is 23.5 Å². The van der Waals surface area contributed by atoms with Crippen LogP contribution in [0, 0.1) is 17.7 Å². The summed E-state index contributed by atoms with van der Waals surface area (Å²) in [6, 6.07) is 16.9. The second kappa shape index (κ2) is 10.2. The molecule has 2 saturated heterocycles. The van der Waals surface area contributed by atoms with Gasteiger partial charge in [0.25, 0.3) is 0 Å². The summed E-state index contributed by atoms with van der Waals surface area (Å²) >= 11 is 9.85. The predicted molar refractivity (Wildman–Crippen MR) is 160 cm³/mol. The molecule has 0 aromatic heterocycles. The van der Waals surface area contributed by atoms with Gasteiger partial charge in [-0.05, 0) is 73.2 Å². The highest BCUT2D eigenvalue weighted by Gasteiger charge is 2.70. The lowest BCUT2D eigenvalue weighted by Gasteiger charge is -2.40. The van der Waals surface area contributed by atoms with Crippen LogP contribution in [0.1, 0.15) is 46.7 Å². The average Bonchev–Trinajstić information content (AvgIpc) is 3.70. The predicted octanol–water partition coefficient (Wildman–Crippen LogP) is 6.11. The number of nitrogens with one attached hydrogen (secondary N) is 1. The monoisotopic (exact) mass is 651 g/mol. The molecule has 3 aromatic rings. The van der Waals surface area contributed by atoms with Crippen LogP contribution in [0.15, 0.2) is 65.1 Å². The van der Waals surface area contributed by atoms with Crippen LogP contribution in [-0.4, -0.2) is 48.9 Å². The molecule has 42 heavy (non-hydrogen) atoms. The molecule has 7 nitrogen and oxygen atoms in total. The van der Waals surface area contributed by atoms with Crippen molar-refractivity contribution in [2.24, 2.45) is 11.8 Å². The Morgan fingerprint density at radius 2 is 1.88 bits per heavy atom. The molecule has 4 aliphatic rings. The third-order valence-electron chi connectivity index (χ3n) is 9.33. The van der Waals surface area contributed by atoms with E-state index in [0.29, 0.717) is 42.4 Å². The number of carbonyl (C=O) groups excluding carboxylic acids is 3. The van der Waals surface area contributed by atoms with Gasteiger partial charge < -0.3 is 15.0 Å². The van der Waals surface area contributed by atoms with E-state index >= 15 is 4.39 Å². The summed E-state index contributed by atoms with van der Waals surface area (Å²) in [6.45, 7) is 1.07. The van der Waals surface area contributed by atoms with E-state index in [1.807, 2.05) is 18.2 Å². The second-order valence-corrected chi connectivity index (χ2v) is 12.9. The summed E-state index contributed by atoms with van der Waals surface area (Å²) in [7, 11) is 1.32. The van der Waals surface area contributed by atoms with Crippen LogP contribution in [0.5, 0.6) is 0 Å². The molecule has 1 N–H and O–H groups in total. The van der Waals surface area contributed by atoms with Gasteiger partial charge in [-0.1, -0.05) is 45.7 Å². The molecule has 4 atom stereocenters. The van der Waals surface area contributed by atoms with Crippen LogP contribution >= 0.6 is 27.5 Å². The second-order valence-electron chi connectivity index (χ2n) is 11.5. The molecule has 3 fully saturated rings. The first-order chi connectivity index (χ1) is 20.2. The number of hydrogen-bond donors (Lipinski definition) is 1. The van der Waals surface area contributed by atoms with Gasteiger partial charge in [0.05, 0.1) is 23.6 Å². The summed E-state index contributed by atoms with van der Waals surface area (Å²) in [5.41, 5.74) is 1.38. The van der Waals surface area contributed by atoms with E-state index in [1.54, 1.807) is 41.3 Å². The number of anilines is 2. The van der Waals surface area contributed by atoms with Crippen molar-refractivity contribution in [1.82, 2.24) is 4.90 Å². The quantitative estimate of drug-likeness (QED) is 0.337. The maximum atomic E-state index is 16.1. The van der Waals surface area contributed by atoms with Crippen molar-refractivity contribution in [1.29, 1.82) is 0 Å². The van der Waals surface area contributed by atoms with E-state index in [9.17, 15) is 14.4 Å². The van der Waals surface area contributed by atoms with E-state index in [2.05, 4.69) is 26.1 Å². The number of nitrogens with zero attached hydrogens (tertiary/aromatic N) is 2. The molecule has 216 valence electrons. The molecule has 0 unspecified atom stereocenters. The molecule has 7 rings (SSSR count). The van der Waals surface area contributed by atoms with Crippen LogP contribution in [0.3, 0.4) is 0 Å². The number of carbonyl (C=O) groups is 3. The zero-order valence-corrected chi connectivity index (χ0v) is 25.1. The molecule has 0 bridgehead atoms. The summed E-state index contributed by atoms with van der Waals surface area (Å²) < 4.78 is 21.7. The highest BCUT2D eigenvalue weighted by molar-refractivity contribution is 9.10. The maximum absolute atomic E-state index is 16.1. The standard InChI is InChI=1S/C32H28BrClFN3O4/c1-42-30(40)18-7-10-20(11-8-18)37-14-13-25-26(29(37)39)27(21-3-2-4-23(34)28(21)35)32(38(25)16-17-5-6-17)22-12-9-19(33)15-24(22)36-31(32)41/h2-4,7-12,15,17,25-27H,5-6,13-14,16H2,1H3,(H,36,41)/t25-,26+,27-,32+/m0/s1. The number of piperidine rings is 1. The molecule has 2 amide bonds. The topological polar surface area (TPSA) is 78.9 Å². The Hall–Kier alpha value is -3.27. The van der Waals surface area contributed by atoms with Gasteiger partial charge in [0.2, 0.25) is 11.8 Å². The number of likely N-dealkylation sites (tertiary alicyclic amines) is 1. The Morgan fingerprint density at radius 1 is 1.12 bits per heavy atom. The number of esters is 1. The van der Waals surface area contributed by atoms with Crippen LogP contribution in [0.2, 0.25) is 5.02 Å². The number of amides is 2. The van der Waals surface area contributed by atoms with Crippen molar-refractivity contribution in [3.8, 4) is 0 Å². The Kier molecular flexibility index (Phi) is 6.68. The summed E-state index contributed by atoms with van der Waals surface area (Å²) in [4.78, 5) is 44.9. The van der Waals surface area contributed by atoms with Gasteiger partial charge in [-0.25, -0.2) is 9.18 Å². The highest BCUT2D eigenvalue weighted by Crippen LogP contribution is 2.62. The SMILES string of the molecule is COC(=O)c1ccc(N2CC[C@H]3[C@@H](C2=O)[C@H](c2cccc(Cl)c2F)[C@]2(C(=O)Nc4cc(Br)ccc42)N3CC2CC2)cc1. The Morgan fingerprint density at radius 3 is 2.60 bits per heavy atom. The Labute approximate surface area is 256 Å². The smallest absolute Gasteiger partial charge is 0.337 e. The fraction of sp³-hybridized carbons (Fsp3) is 0.344. The molecular weight excluding hydrogens is 625 g/mol. The van der Waals surface area contributed by atoms with Crippen LogP contribution < -0.4 is 10.2 Å². The number of halogens is 3. The minimum absolute atomic E-state index is 0.0483. The fourth-order valence-corrected chi connectivity index (χ4v) is 7.93. The average molecular weight is 653 g/mol. The van der Waals surface area contributed by atoms with E-state index in [1.165, 1.54) is 13.2 Å². The number of rotatable bonds is 5. The lowest BCUT2D eigenvalue weighted by Crippen LogP contribution is -2.54. The van der Waals surface area contributed by atoms with Crippen LogP contribution in [-0.2, 0) is 19.9 Å². The molecule has 1 saturated carbocycles. The van der Waals surface area contributed by atoms with Crippen molar-refractivity contribution in [3.63, 3.8) is 0 Å². The zero-order chi connectivity index (χ0) is 29.3. The number of methoxy groups -OCH3 is 1. The lowest BCUT2D eigenvalue weighted by molar-refractivity contribution is -0.128. The molecule has 1 aliphatic carbocycles. The summed E-state index contributed by atoms with van der Waals surface area (Å²) in [5.74, 6) is -2.64. The number of hydrogen-bond acceptors (Lipinski definition) is 5. The van der Waals surface area contributed by atoms with Crippen LogP contribution in [0.4, 0.5) is 15.8 Å². The maximum Gasteiger partial charge on any atom is 0.337 e. The highest BCUT2D eigenvalue weighted by atomic mass is 79.9. The molecule has 3 aliphatic heterocycles. The van der Waals surface area contributed by atoms with Crippen molar-refractivity contribution in [2.75, 3.05) is 30.4 Å². The van der Waals surface area contributed by atoms with Gasteiger partial charge in [-0.2, -0.15) is 0 Å². The molecule has 1 spiro atoms. The largest absolute Gasteiger partial charge is 0.465 e. The third-order valence-corrected chi connectivity index (χ3v) is 10.1. The number of ether oxygens (including phenoxy) is 1. The van der Waals surface area contributed by atoms with Crippen molar-refractivity contribution in [2.45, 2.75) is 36.8 Å². The molecule has 10 heteroatoms. The third kappa shape index (κ3) is 4.04. The van der Waals surface area contributed by atoms with Crippen molar-refractivity contribution in [3.05, 3.63) is 92.7 Å². The summed E-state index contributed by atoms with van der Waals surface area (Å²) in [6.07, 6.45) is 2.71. The van der Waals surface area contributed by atoms with E-state index in [0.717, 1.165) is 22.9 Å². The van der Waals surface area contributed by atoms with Gasteiger partial charge in [0.1, 0.15) is 11.4 Å². The molecule has 0 radical (unpaired) electrons. The van der Waals surface area contributed by atoms with Gasteiger partial charge in [0.15, 0.2) is 0 Å². The zero-order valence-electron chi connectivity index (χ0n) is 22.8. The fourth-order valence-electron chi connectivity index (χ4n) is 7.39.